The maximum atomic E-state index is 13.0. The quantitative estimate of drug-likeness (QED) is 0.668. The van der Waals surface area contributed by atoms with E-state index in [0.29, 0.717) is 13.0 Å². The number of sulfonamides is 1. The summed E-state index contributed by atoms with van der Waals surface area (Å²) in [5.41, 5.74) is 1.82. The first kappa shape index (κ1) is 21.9. The second-order valence-electron chi connectivity index (χ2n) is 6.99. The molecule has 3 rings (SSSR count). The topological polar surface area (TPSA) is 105 Å². The van der Waals surface area contributed by atoms with Crippen molar-refractivity contribution in [3.63, 3.8) is 0 Å². The van der Waals surface area contributed by atoms with Crippen molar-refractivity contribution in [1.82, 2.24) is 14.9 Å². The summed E-state index contributed by atoms with van der Waals surface area (Å²) in [6.45, 7) is 2.63. The van der Waals surface area contributed by atoms with E-state index in [2.05, 4.69) is 10.6 Å². The van der Waals surface area contributed by atoms with Gasteiger partial charge in [0.05, 0.1) is 18.0 Å². The van der Waals surface area contributed by atoms with Gasteiger partial charge in [0.1, 0.15) is 6.23 Å². The number of rotatable bonds is 6. The van der Waals surface area contributed by atoms with E-state index in [9.17, 15) is 18.0 Å². The van der Waals surface area contributed by atoms with Gasteiger partial charge in [-0.1, -0.05) is 48.0 Å². The van der Waals surface area contributed by atoms with Crippen molar-refractivity contribution < 1.29 is 22.7 Å². The zero-order valence-electron chi connectivity index (χ0n) is 16.7. The minimum atomic E-state index is -3.79. The van der Waals surface area contributed by atoms with Crippen LogP contribution in [0.5, 0.6) is 0 Å². The number of hydrogen-bond acceptors (Lipinski definition) is 5. The molecule has 0 aromatic heterocycles. The van der Waals surface area contributed by atoms with E-state index < -0.39 is 28.1 Å². The van der Waals surface area contributed by atoms with Crippen molar-refractivity contribution in [3.8, 4) is 0 Å². The average molecular weight is 432 g/mol. The number of aryl methyl sites for hydroxylation is 1. The number of hydrogen-bond donors (Lipinski definition) is 2. The first-order valence-corrected chi connectivity index (χ1v) is 11.1. The molecular formula is C21H25N3O5S. The highest BCUT2D eigenvalue weighted by molar-refractivity contribution is 7.89. The number of carbonyl (C=O) groups is 2. The molecule has 1 fully saturated rings. The predicted octanol–water partition coefficient (Wildman–Crippen LogP) is 1.16. The molecule has 0 aliphatic carbocycles. The van der Waals surface area contributed by atoms with Crippen LogP contribution >= 0.6 is 0 Å². The Kier molecular flexibility index (Phi) is 7.20. The van der Waals surface area contributed by atoms with Crippen LogP contribution in [-0.4, -0.2) is 50.5 Å². The van der Waals surface area contributed by atoms with Crippen LogP contribution in [0.3, 0.4) is 0 Å². The molecule has 1 atom stereocenters. The summed E-state index contributed by atoms with van der Waals surface area (Å²) in [6, 6.07) is 15.8. The molecule has 0 radical (unpaired) electrons. The second-order valence-corrected chi connectivity index (χ2v) is 8.88. The van der Waals surface area contributed by atoms with Gasteiger partial charge in [-0.2, -0.15) is 4.31 Å². The molecule has 2 amide bonds. The van der Waals surface area contributed by atoms with E-state index in [4.69, 9.17) is 4.74 Å². The van der Waals surface area contributed by atoms with E-state index in [1.165, 1.54) is 4.31 Å². The fourth-order valence-corrected chi connectivity index (χ4v) is 4.63. The van der Waals surface area contributed by atoms with Crippen molar-refractivity contribution in [3.05, 3.63) is 65.7 Å². The summed E-state index contributed by atoms with van der Waals surface area (Å²) in [6.07, 6.45) is -0.330. The van der Waals surface area contributed by atoms with Crippen LogP contribution in [-0.2, 0) is 30.9 Å². The summed E-state index contributed by atoms with van der Waals surface area (Å²) >= 11 is 0. The van der Waals surface area contributed by atoms with Crippen molar-refractivity contribution >= 4 is 21.8 Å². The Balaban J connectivity index is 1.59. The van der Waals surface area contributed by atoms with Gasteiger partial charge in [-0.25, -0.2) is 8.42 Å². The minimum absolute atomic E-state index is 0.122. The van der Waals surface area contributed by atoms with Crippen molar-refractivity contribution in [2.45, 2.75) is 31.0 Å². The molecule has 30 heavy (non-hydrogen) atoms. The van der Waals surface area contributed by atoms with Gasteiger partial charge in [0, 0.05) is 13.1 Å². The lowest BCUT2D eigenvalue weighted by Gasteiger charge is -2.34. The van der Waals surface area contributed by atoms with Crippen LogP contribution in [0.4, 0.5) is 0 Å². The zero-order chi connectivity index (χ0) is 21.6. The molecule has 0 saturated carbocycles. The summed E-state index contributed by atoms with van der Waals surface area (Å²) in [4.78, 5) is 24.3. The van der Waals surface area contributed by atoms with Gasteiger partial charge in [0.15, 0.2) is 0 Å². The largest absolute Gasteiger partial charge is 0.360 e. The molecule has 0 unspecified atom stereocenters. The van der Waals surface area contributed by atoms with Crippen LogP contribution in [0.2, 0.25) is 0 Å². The van der Waals surface area contributed by atoms with E-state index in [0.717, 1.165) is 11.1 Å². The third-order valence-corrected chi connectivity index (χ3v) is 6.62. The fourth-order valence-electron chi connectivity index (χ4n) is 3.07. The van der Waals surface area contributed by atoms with Crippen LogP contribution in [0, 0.1) is 6.92 Å². The summed E-state index contributed by atoms with van der Waals surface area (Å²) in [7, 11) is -3.79. The van der Waals surface area contributed by atoms with Crippen LogP contribution < -0.4 is 10.6 Å². The van der Waals surface area contributed by atoms with Crippen molar-refractivity contribution in [2.24, 2.45) is 0 Å². The van der Waals surface area contributed by atoms with Gasteiger partial charge in [0.2, 0.25) is 10.0 Å². The van der Waals surface area contributed by atoms with Crippen LogP contribution in [0.25, 0.3) is 0 Å². The average Bonchev–Trinajstić information content (AvgIpc) is 2.77. The van der Waals surface area contributed by atoms with E-state index in [1.807, 2.05) is 37.3 Å². The molecule has 0 bridgehead atoms. The molecule has 2 aromatic rings. The maximum absolute atomic E-state index is 13.0. The molecule has 1 aliphatic heterocycles. The Morgan fingerprint density at radius 1 is 1.03 bits per heavy atom. The van der Waals surface area contributed by atoms with Gasteiger partial charge < -0.3 is 15.4 Å². The molecule has 160 valence electrons. The minimum Gasteiger partial charge on any atom is -0.360 e. The van der Waals surface area contributed by atoms with Gasteiger partial charge in [-0.05, 0) is 31.0 Å². The number of carbonyl (C=O) groups excluding carboxylic acids is 2. The fraction of sp³-hybridized carbons (Fsp3) is 0.333. The Morgan fingerprint density at radius 2 is 1.70 bits per heavy atom. The summed E-state index contributed by atoms with van der Waals surface area (Å²) in [5, 5.41) is 5.00. The molecular weight excluding hydrogens is 406 g/mol. The Morgan fingerprint density at radius 3 is 2.40 bits per heavy atom. The summed E-state index contributed by atoms with van der Waals surface area (Å²) < 4.78 is 32.8. The van der Waals surface area contributed by atoms with Crippen molar-refractivity contribution in [2.75, 3.05) is 19.7 Å². The lowest BCUT2D eigenvalue weighted by molar-refractivity contribution is -0.140. The second kappa shape index (κ2) is 9.84. The van der Waals surface area contributed by atoms with Gasteiger partial charge >= 0.3 is 11.8 Å². The highest BCUT2D eigenvalue weighted by Gasteiger charge is 2.34. The highest BCUT2D eigenvalue weighted by Crippen LogP contribution is 2.22. The van der Waals surface area contributed by atoms with Gasteiger partial charge in [-0.15, -0.1) is 0 Å². The molecule has 1 heterocycles. The summed E-state index contributed by atoms with van der Waals surface area (Å²) in [5.74, 6) is -1.63. The number of amides is 2. The maximum Gasteiger partial charge on any atom is 0.309 e. The monoisotopic (exact) mass is 431 g/mol. The third-order valence-electron chi connectivity index (χ3n) is 4.72. The first-order chi connectivity index (χ1) is 14.4. The standard InChI is InChI=1S/C21H25N3O5S/c1-16-8-10-18(11-9-16)30(27,28)24-12-5-13-29-19(24)15-23-21(26)20(25)22-14-17-6-3-2-4-7-17/h2-4,6-11,19H,5,12-15H2,1H3,(H,22,25)(H,23,26)/t19-/m1/s1. The molecule has 2 N–H and O–H groups in total. The molecule has 2 aromatic carbocycles. The number of ether oxygens (including phenoxy) is 1. The molecule has 1 saturated heterocycles. The molecule has 9 heteroatoms. The number of nitrogens with one attached hydrogen (secondary N) is 2. The van der Waals surface area contributed by atoms with Crippen LogP contribution in [0.15, 0.2) is 59.5 Å². The van der Waals surface area contributed by atoms with E-state index in [-0.39, 0.29) is 24.5 Å². The number of benzene rings is 2. The zero-order valence-corrected chi connectivity index (χ0v) is 17.5. The van der Waals surface area contributed by atoms with Crippen molar-refractivity contribution in [1.29, 1.82) is 0 Å². The van der Waals surface area contributed by atoms with Crippen LogP contribution in [0.1, 0.15) is 17.5 Å². The van der Waals surface area contributed by atoms with E-state index in [1.54, 1.807) is 24.3 Å². The Hall–Kier alpha value is -2.75. The normalized spacial score (nSPS) is 17.3. The third kappa shape index (κ3) is 5.44. The molecule has 8 nitrogen and oxygen atoms in total. The smallest absolute Gasteiger partial charge is 0.309 e. The van der Waals surface area contributed by atoms with Gasteiger partial charge in [0.25, 0.3) is 0 Å². The predicted molar refractivity (Wildman–Crippen MR) is 111 cm³/mol. The number of nitrogens with zero attached hydrogens (tertiary/aromatic N) is 1. The molecule has 1 aliphatic rings. The lowest BCUT2D eigenvalue weighted by Crippen LogP contribution is -2.53. The SMILES string of the molecule is Cc1ccc(S(=O)(=O)N2CCCO[C@@H]2CNC(=O)C(=O)NCc2ccccc2)cc1. The first-order valence-electron chi connectivity index (χ1n) is 9.68. The van der Waals surface area contributed by atoms with E-state index >= 15 is 0 Å². The van der Waals surface area contributed by atoms with Gasteiger partial charge in [-0.3, -0.25) is 9.59 Å². The molecule has 0 spiro atoms. The Bertz CT molecular complexity index is 977. The highest BCUT2D eigenvalue weighted by atomic mass is 32.2. The lowest BCUT2D eigenvalue weighted by atomic mass is 10.2. The Labute approximate surface area is 176 Å².